The van der Waals surface area contributed by atoms with Gasteiger partial charge in [0.1, 0.15) is 5.75 Å². The zero-order chi connectivity index (χ0) is 13.2. The summed E-state index contributed by atoms with van der Waals surface area (Å²) in [6.07, 6.45) is 0.681. The van der Waals surface area contributed by atoms with E-state index in [4.69, 9.17) is 9.47 Å². The van der Waals surface area contributed by atoms with Gasteiger partial charge in [0.05, 0.1) is 7.11 Å². The Bertz CT molecular complexity index is 592. The molecule has 0 spiro atoms. The van der Waals surface area contributed by atoms with Crippen molar-refractivity contribution in [3.05, 3.63) is 53.6 Å². The van der Waals surface area contributed by atoms with Crippen molar-refractivity contribution in [2.24, 2.45) is 0 Å². The minimum Gasteiger partial charge on any atom is -0.493 e. The van der Waals surface area contributed by atoms with Crippen molar-refractivity contribution in [3.63, 3.8) is 0 Å². The number of hydrogen-bond acceptors (Lipinski definition) is 3. The Balaban J connectivity index is 2.16. The van der Waals surface area contributed by atoms with Gasteiger partial charge in [-0.15, -0.1) is 0 Å². The van der Waals surface area contributed by atoms with Gasteiger partial charge in [0.2, 0.25) is 0 Å². The van der Waals surface area contributed by atoms with Crippen LogP contribution in [-0.2, 0) is 0 Å². The summed E-state index contributed by atoms with van der Waals surface area (Å²) in [5, 5.41) is 9.32. The standard InChI is InChI=1S/C16H16O3/c1-18-15-8-4-6-13-11(9-10-17)12-5-2-3-7-14(12)19-16(13)15/h2-8,11,17H,9-10H2,1H3. The molecule has 3 rings (SSSR count). The SMILES string of the molecule is COc1cccc2c1Oc1ccccc1C2CCO. The first-order valence-electron chi connectivity index (χ1n) is 6.39. The lowest BCUT2D eigenvalue weighted by Gasteiger charge is -2.28. The molecule has 1 heterocycles. The molecule has 2 aromatic carbocycles. The lowest BCUT2D eigenvalue weighted by molar-refractivity contribution is 0.276. The molecule has 3 heteroatoms. The van der Waals surface area contributed by atoms with Crippen molar-refractivity contribution in [1.29, 1.82) is 0 Å². The molecule has 0 aromatic heterocycles. The highest BCUT2D eigenvalue weighted by molar-refractivity contribution is 5.58. The van der Waals surface area contributed by atoms with Gasteiger partial charge in [0.25, 0.3) is 0 Å². The molecular formula is C16H16O3. The van der Waals surface area contributed by atoms with E-state index in [9.17, 15) is 5.11 Å². The van der Waals surface area contributed by atoms with E-state index >= 15 is 0 Å². The van der Waals surface area contributed by atoms with Crippen LogP contribution in [-0.4, -0.2) is 18.8 Å². The number of benzene rings is 2. The molecule has 1 atom stereocenters. The third-order valence-corrected chi connectivity index (χ3v) is 3.53. The van der Waals surface area contributed by atoms with Gasteiger partial charge in [0, 0.05) is 23.7 Å². The minimum absolute atomic E-state index is 0.148. The fraction of sp³-hybridized carbons (Fsp3) is 0.250. The van der Waals surface area contributed by atoms with Crippen molar-refractivity contribution < 1.29 is 14.6 Å². The maximum Gasteiger partial charge on any atom is 0.173 e. The van der Waals surface area contributed by atoms with Gasteiger partial charge < -0.3 is 14.6 Å². The fourth-order valence-electron chi connectivity index (χ4n) is 2.66. The van der Waals surface area contributed by atoms with Crippen LogP contribution in [0.3, 0.4) is 0 Å². The first kappa shape index (κ1) is 12.1. The van der Waals surface area contributed by atoms with Gasteiger partial charge >= 0.3 is 0 Å². The molecule has 0 saturated heterocycles. The van der Waals surface area contributed by atoms with Crippen LogP contribution in [0.5, 0.6) is 17.2 Å². The predicted molar refractivity (Wildman–Crippen MR) is 73.1 cm³/mol. The Kier molecular flexibility index (Phi) is 3.13. The topological polar surface area (TPSA) is 38.7 Å². The molecule has 1 N–H and O–H groups in total. The van der Waals surface area contributed by atoms with Crippen LogP contribution in [0, 0.1) is 0 Å². The molecule has 0 fully saturated rings. The van der Waals surface area contributed by atoms with Gasteiger partial charge in [-0.2, -0.15) is 0 Å². The van der Waals surface area contributed by atoms with Crippen LogP contribution < -0.4 is 9.47 Å². The lowest BCUT2D eigenvalue weighted by Crippen LogP contribution is -2.12. The molecule has 0 aliphatic carbocycles. The Labute approximate surface area is 112 Å². The highest BCUT2D eigenvalue weighted by atomic mass is 16.5. The Morgan fingerprint density at radius 1 is 1.11 bits per heavy atom. The number of aliphatic hydroxyl groups excluding tert-OH is 1. The molecule has 19 heavy (non-hydrogen) atoms. The van der Waals surface area contributed by atoms with E-state index < -0.39 is 0 Å². The number of hydrogen-bond donors (Lipinski definition) is 1. The maximum atomic E-state index is 9.32. The van der Waals surface area contributed by atoms with Crippen molar-refractivity contribution in [1.82, 2.24) is 0 Å². The summed E-state index contributed by atoms with van der Waals surface area (Å²) in [5.74, 6) is 2.50. The van der Waals surface area contributed by atoms with Crippen LogP contribution in [0.15, 0.2) is 42.5 Å². The summed E-state index contributed by atoms with van der Waals surface area (Å²) in [6, 6.07) is 13.8. The quantitative estimate of drug-likeness (QED) is 0.915. The van der Waals surface area contributed by atoms with E-state index in [1.807, 2.05) is 36.4 Å². The van der Waals surface area contributed by atoms with Crippen LogP contribution in [0.25, 0.3) is 0 Å². The molecule has 3 nitrogen and oxygen atoms in total. The third-order valence-electron chi connectivity index (χ3n) is 3.53. The van der Waals surface area contributed by atoms with E-state index in [0.29, 0.717) is 6.42 Å². The molecule has 0 saturated carbocycles. The largest absolute Gasteiger partial charge is 0.493 e. The number of aliphatic hydroxyl groups is 1. The Morgan fingerprint density at radius 3 is 2.68 bits per heavy atom. The van der Waals surface area contributed by atoms with E-state index in [2.05, 4.69) is 6.07 Å². The molecule has 2 aromatic rings. The highest BCUT2D eigenvalue weighted by Gasteiger charge is 2.28. The zero-order valence-electron chi connectivity index (χ0n) is 10.8. The number of ether oxygens (including phenoxy) is 2. The summed E-state index contributed by atoms with van der Waals surface area (Å²) >= 11 is 0. The van der Waals surface area contributed by atoms with E-state index in [1.165, 1.54) is 0 Å². The number of methoxy groups -OCH3 is 1. The molecular weight excluding hydrogens is 240 g/mol. The molecule has 98 valence electrons. The normalized spacial score (nSPS) is 16.2. The zero-order valence-corrected chi connectivity index (χ0v) is 10.8. The smallest absolute Gasteiger partial charge is 0.173 e. The van der Waals surface area contributed by atoms with E-state index in [0.717, 1.165) is 28.4 Å². The first-order valence-corrected chi connectivity index (χ1v) is 6.39. The second-order valence-electron chi connectivity index (χ2n) is 4.58. The summed E-state index contributed by atoms with van der Waals surface area (Å²) in [7, 11) is 1.64. The summed E-state index contributed by atoms with van der Waals surface area (Å²) in [6.45, 7) is 0.148. The average Bonchev–Trinajstić information content (AvgIpc) is 2.46. The Morgan fingerprint density at radius 2 is 1.89 bits per heavy atom. The van der Waals surface area contributed by atoms with E-state index in [-0.39, 0.29) is 12.5 Å². The highest BCUT2D eigenvalue weighted by Crippen LogP contribution is 2.49. The summed E-state index contributed by atoms with van der Waals surface area (Å²) < 4.78 is 11.3. The number of para-hydroxylation sites is 2. The van der Waals surface area contributed by atoms with Gasteiger partial charge in [-0.25, -0.2) is 0 Å². The predicted octanol–water partition coefficient (Wildman–Crippen LogP) is 3.32. The van der Waals surface area contributed by atoms with Crippen LogP contribution in [0.1, 0.15) is 23.5 Å². The van der Waals surface area contributed by atoms with Crippen LogP contribution in [0.4, 0.5) is 0 Å². The first-order chi connectivity index (χ1) is 9.35. The van der Waals surface area contributed by atoms with Crippen LogP contribution >= 0.6 is 0 Å². The van der Waals surface area contributed by atoms with Crippen molar-refractivity contribution in [2.45, 2.75) is 12.3 Å². The minimum atomic E-state index is 0.148. The van der Waals surface area contributed by atoms with Gasteiger partial charge in [-0.3, -0.25) is 0 Å². The van der Waals surface area contributed by atoms with Crippen molar-refractivity contribution in [3.8, 4) is 17.2 Å². The van der Waals surface area contributed by atoms with Gasteiger partial charge in [0.15, 0.2) is 11.5 Å². The molecule has 0 amide bonds. The second kappa shape index (κ2) is 4.94. The third kappa shape index (κ3) is 1.96. The van der Waals surface area contributed by atoms with Gasteiger partial charge in [-0.05, 0) is 18.6 Å². The summed E-state index contributed by atoms with van der Waals surface area (Å²) in [5.41, 5.74) is 2.20. The molecule has 1 unspecified atom stereocenters. The fourth-order valence-corrected chi connectivity index (χ4v) is 2.66. The summed E-state index contributed by atoms with van der Waals surface area (Å²) in [4.78, 5) is 0. The van der Waals surface area contributed by atoms with E-state index in [1.54, 1.807) is 7.11 Å². The number of rotatable bonds is 3. The molecule has 0 bridgehead atoms. The lowest BCUT2D eigenvalue weighted by atomic mass is 9.85. The van der Waals surface area contributed by atoms with Crippen LogP contribution in [0.2, 0.25) is 0 Å². The van der Waals surface area contributed by atoms with Crippen molar-refractivity contribution >= 4 is 0 Å². The molecule has 0 radical (unpaired) electrons. The number of fused-ring (bicyclic) bond motifs is 2. The molecule has 1 aliphatic rings. The van der Waals surface area contributed by atoms with Crippen molar-refractivity contribution in [2.75, 3.05) is 13.7 Å². The monoisotopic (exact) mass is 256 g/mol. The molecule has 1 aliphatic heterocycles. The van der Waals surface area contributed by atoms with Gasteiger partial charge in [-0.1, -0.05) is 30.3 Å². The maximum absolute atomic E-state index is 9.32. The second-order valence-corrected chi connectivity index (χ2v) is 4.58. The Hall–Kier alpha value is -2.00. The average molecular weight is 256 g/mol.